The SMILES string of the molecule is O=C(Cc1cccc(N2C=C(Nc3ccc(C(=O)N4CCOCC4)cn3)C3=NC=C[NH+]3C2)c1)N1CCCC(O)C1. The van der Waals surface area contributed by atoms with Gasteiger partial charge in [0, 0.05) is 44.3 Å². The van der Waals surface area contributed by atoms with Gasteiger partial charge in [0.25, 0.3) is 11.7 Å². The smallest absolute Gasteiger partial charge is 0.257 e. The Balaban J connectivity index is 1.17. The summed E-state index contributed by atoms with van der Waals surface area (Å²) in [6.45, 7) is 4.04. The van der Waals surface area contributed by atoms with E-state index in [2.05, 4.69) is 20.2 Å². The third-order valence-corrected chi connectivity index (χ3v) is 7.58. The molecule has 1 aromatic carbocycles. The standard InChI is InChI=1S/C29H33N7O4/c37-24-5-2-9-34(18-24)27(38)16-21-3-1-4-23(15-21)36-19-25(28-30-8-10-35(28)20-36)32-26-7-6-22(17-31-26)29(39)33-11-13-40-14-12-33/h1,3-4,6-8,10,15,17,19,24,37H,2,5,9,11-14,16,18,20H2,(H,31,32)/p+1. The number of quaternary nitrogens is 1. The highest BCUT2D eigenvalue weighted by Crippen LogP contribution is 2.21. The number of aliphatic hydroxyl groups excluding tert-OH is 1. The van der Waals surface area contributed by atoms with Crippen molar-refractivity contribution in [1.29, 1.82) is 0 Å². The largest absolute Gasteiger partial charge is 0.391 e. The van der Waals surface area contributed by atoms with Crippen molar-refractivity contribution in [2.24, 2.45) is 4.99 Å². The summed E-state index contributed by atoms with van der Waals surface area (Å²) in [6.07, 6.45) is 8.85. The minimum absolute atomic E-state index is 0.0385. The van der Waals surface area contributed by atoms with Gasteiger partial charge in [-0.1, -0.05) is 12.1 Å². The van der Waals surface area contributed by atoms with Gasteiger partial charge in [0.15, 0.2) is 6.67 Å². The molecule has 11 heteroatoms. The summed E-state index contributed by atoms with van der Waals surface area (Å²) in [5, 5.41) is 13.3. The van der Waals surface area contributed by atoms with E-state index in [0.717, 1.165) is 40.5 Å². The van der Waals surface area contributed by atoms with Crippen molar-refractivity contribution in [3.05, 3.63) is 78.0 Å². The molecule has 2 amide bonds. The van der Waals surface area contributed by atoms with E-state index in [1.807, 2.05) is 36.7 Å². The minimum atomic E-state index is -0.434. The number of carbonyl (C=O) groups is 2. The van der Waals surface area contributed by atoms with Gasteiger partial charge in [0.1, 0.15) is 17.7 Å². The predicted octanol–water partition coefficient (Wildman–Crippen LogP) is 0.579. The summed E-state index contributed by atoms with van der Waals surface area (Å²) in [5.41, 5.74) is 3.24. The van der Waals surface area contributed by atoms with Gasteiger partial charge in [-0.15, -0.1) is 0 Å². The number of piperidine rings is 1. The van der Waals surface area contributed by atoms with E-state index in [1.54, 1.807) is 34.3 Å². The number of morpholine rings is 1. The highest BCUT2D eigenvalue weighted by atomic mass is 16.5. The number of β-amino-alcohol motifs (C(OH)–C–C–N with tert-alkyl or cyclic N) is 1. The molecular formula is C29H34N7O4+. The summed E-state index contributed by atoms with van der Waals surface area (Å²) >= 11 is 0. The number of hydrogen-bond acceptors (Lipinski definition) is 8. The van der Waals surface area contributed by atoms with Gasteiger partial charge < -0.3 is 25.0 Å². The van der Waals surface area contributed by atoms with Crippen LogP contribution in [0.2, 0.25) is 0 Å². The molecule has 0 spiro atoms. The second kappa shape index (κ2) is 11.6. The number of nitrogens with zero attached hydrogens (tertiary/aromatic N) is 5. The molecule has 0 saturated carbocycles. The number of aliphatic imine (C=N–C) groups is 1. The zero-order valence-electron chi connectivity index (χ0n) is 22.3. The summed E-state index contributed by atoms with van der Waals surface area (Å²) in [6, 6.07) is 11.6. The molecule has 6 rings (SSSR count). The van der Waals surface area contributed by atoms with Crippen LogP contribution in [0, 0.1) is 0 Å². The molecular weight excluding hydrogens is 510 g/mol. The van der Waals surface area contributed by atoms with Crippen LogP contribution >= 0.6 is 0 Å². The number of likely N-dealkylation sites (tertiary alicyclic amines) is 1. The first-order valence-corrected chi connectivity index (χ1v) is 13.8. The van der Waals surface area contributed by atoms with E-state index >= 15 is 0 Å². The Bertz CT molecular complexity index is 1350. The van der Waals surface area contributed by atoms with Crippen molar-refractivity contribution in [1.82, 2.24) is 14.8 Å². The molecule has 1 aromatic heterocycles. The van der Waals surface area contributed by atoms with E-state index in [9.17, 15) is 14.7 Å². The Morgan fingerprint density at radius 1 is 1.12 bits per heavy atom. The van der Waals surface area contributed by atoms with Crippen LogP contribution in [-0.4, -0.2) is 89.7 Å². The molecule has 40 heavy (non-hydrogen) atoms. The monoisotopic (exact) mass is 544 g/mol. The molecule has 2 unspecified atom stereocenters. The number of anilines is 2. The number of hydrogen-bond donors (Lipinski definition) is 3. The van der Waals surface area contributed by atoms with E-state index in [0.29, 0.717) is 63.9 Å². The van der Waals surface area contributed by atoms with Crippen molar-refractivity contribution in [2.45, 2.75) is 25.4 Å². The first kappa shape index (κ1) is 26.2. The molecule has 5 heterocycles. The van der Waals surface area contributed by atoms with Gasteiger partial charge in [-0.3, -0.25) is 14.5 Å². The Kier molecular flexibility index (Phi) is 7.58. The molecule has 4 aliphatic rings. The third kappa shape index (κ3) is 5.76. The van der Waals surface area contributed by atoms with Gasteiger partial charge in [0.2, 0.25) is 5.91 Å². The fraction of sp³-hybridized carbons (Fsp3) is 0.379. The van der Waals surface area contributed by atoms with Gasteiger partial charge in [-0.25, -0.2) is 9.88 Å². The number of fused-ring (bicyclic) bond motifs is 1. The topological polar surface area (TPSA) is 115 Å². The van der Waals surface area contributed by atoms with Crippen molar-refractivity contribution < 1.29 is 24.3 Å². The Morgan fingerprint density at radius 3 is 2.80 bits per heavy atom. The van der Waals surface area contributed by atoms with Crippen molar-refractivity contribution in [3.8, 4) is 0 Å². The molecule has 11 nitrogen and oxygen atoms in total. The maximum Gasteiger partial charge on any atom is 0.257 e. The van der Waals surface area contributed by atoms with Crippen LogP contribution in [0.3, 0.4) is 0 Å². The number of pyridine rings is 1. The number of aromatic nitrogens is 1. The third-order valence-electron chi connectivity index (χ3n) is 7.58. The lowest BCUT2D eigenvalue weighted by molar-refractivity contribution is -0.743. The van der Waals surface area contributed by atoms with Crippen LogP contribution in [0.15, 0.2) is 71.9 Å². The quantitative estimate of drug-likeness (QED) is 0.488. The zero-order chi connectivity index (χ0) is 27.5. The second-order valence-electron chi connectivity index (χ2n) is 10.4. The first-order chi connectivity index (χ1) is 19.5. The molecule has 2 saturated heterocycles. The average Bonchev–Trinajstić information content (AvgIpc) is 3.47. The summed E-state index contributed by atoms with van der Waals surface area (Å²) < 4.78 is 5.34. The number of carbonyl (C=O) groups excluding carboxylic acids is 2. The maximum atomic E-state index is 12.9. The Morgan fingerprint density at radius 2 is 2.00 bits per heavy atom. The van der Waals surface area contributed by atoms with E-state index < -0.39 is 6.10 Å². The molecule has 2 atom stereocenters. The minimum Gasteiger partial charge on any atom is -0.391 e. The summed E-state index contributed by atoms with van der Waals surface area (Å²) in [4.78, 5) is 41.5. The Hall–Kier alpha value is -4.06. The van der Waals surface area contributed by atoms with E-state index in [4.69, 9.17) is 4.74 Å². The lowest BCUT2D eigenvalue weighted by atomic mass is 10.1. The number of aliphatic hydroxyl groups is 1. The van der Waals surface area contributed by atoms with Crippen molar-refractivity contribution in [2.75, 3.05) is 56.3 Å². The number of nitrogens with one attached hydrogen (secondary N) is 2. The molecule has 0 radical (unpaired) electrons. The lowest BCUT2D eigenvalue weighted by Gasteiger charge is -2.31. The van der Waals surface area contributed by atoms with Gasteiger partial charge in [-0.2, -0.15) is 4.99 Å². The zero-order valence-corrected chi connectivity index (χ0v) is 22.3. The summed E-state index contributed by atoms with van der Waals surface area (Å²) in [5.74, 6) is 1.47. The van der Waals surface area contributed by atoms with Crippen LogP contribution in [0.25, 0.3) is 0 Å². The van der Waals surface area contributed by atoms with Crippen LogP contribution in [0.4, 0.5) is 11.5 Å². The fourth-order valence-corrected chi connectivity index (χ4v) is 5.43. The predicted molar refractivity (Wildman–Crippen MR) is 150 cm³/mol. The van der Waals surface area contributed by atoms with Crippen LogP contribution < -0.4 is 15.1 Å². The molecule has 208 valence electrons. The maximum absolute atomic E-state index is 12.9. The van der Waals surface area contributed by atoms with E-state index in [1.165, 1.54) is 0 Å². The highest BCUT2D eigenvalue weighted by molar-refractivity contribution is 5.97. The molecule has 2 fully saturated rings. The van der Waals surface area contributed by atoms with Crippen LogP contribution in [-0.2, 0) is 16.0 Å². The van der Waals surface area contributed by atoms with Gasteiger partial charge in [0.05, 0.1) is 37.5 Å². The number of amides is 2. The number of benzene rings is 1. The number of rotatable bonds is 6. The fourth-order valence-electron chi connectivity index (χ4n) is 5.43. The first-order valence-electron chi connectivity index (χ1n) is 13.8. The van der Waals surface area contributed by atoms with Crippen molar-refractivity contribution in [3.63, 3.8) is 0 Å². The normalized spacial score (nSPS) is 22.5. The molecule has 3 N–H and O–H groups in total. The Labute approximate surface area is 233 Å². The second-order valence-corrected chi connectivity index (χ2v) is 10.4. The lowest BCUT2D eigenvalue weighted by Crippen LogP contribution is -3.12. The number of amidine groups is 1. The van der Waals surface area contributed by atoms with E-state index in [-0.39, 0.29) is 11.8 Å². The van der Waals surface area contributed by atoms with Gasteiger partial charge in [-0.05, 0) is 42.7 Å². The van der Waals surface area contributed by atoms with Gasteiger partial charge >= 0.3 is 0 Å². The van der Waals surface area contributed by atoms with Crippen molar-refractivity contribution >= 4 is 29.2 Å². The van der Waals surface area contributed by atoms with Crippen LogP contribution in [0.5, 0.6) is 0 Å². The molecule has 0 aliphatic carbocycles. The molecule has 4 aliphatic heterocycles. The molecule has 0 bridgehead atoms. The summed E-state index contributed by atoms with van der Waals surface area (Å²) in [7, 11) is 0. The number of ether oxygens (including phenoxy) is 1. The highest BCUT2D eigenvalue weighted by Gasteiger charge is 2.31. The average molecular weight is 545 g/mol. The molecule has 2 aromatic rings. The van der Waals surface area contributed by atoms with Crippen LogP contribution in [0.1, 0.15) is 28.8 Å².